The molecule has 1 saturated carbocycles. The van der Waals surface area contributed by atoms with Crippen molar-refractivity contribution in [2.45, 2.75) is 31.1 Å². The van der Waals surface area contributed by atoms with E-state index in [2.05, 4.69) is 10.1 Å². The molecule has 1 aromatic carbocycles. The van der Waals surface area contributed by atoms with Crippen LogP contribution in [0.25, 0.3) is 0 Å². The van der Waals surface area contributed by atoms with Gasteiger partial charge < -0.3 is 9.42 Å². The van der Waals surface area contributed by atoms with Crippen LogP contribution in [0.1, 0.15) is 42.8 Å². The number of aromatic nitrogens is 2. The van der Waals surface area contributed by atoms with Crippen LogP contribution in [0, 0.1) is 0 Å². The first-order valence-electron chi connectivity index (χ1n) is 7.00. The van der Waals surface area contributed by atoms with Crippen molar-refractivity contribution in [2.75, 3.05) is 11.4 Å². The van der Waals surface area contributed by atoms with Gasteiger partial charge in [-0.2, -0.15) is 4.98 Å². The van der Waals surface area contributed by atoms with E-state index in [-0.39, 0.29) is 11.8 Å². The molecule has 1 atom stereocenters. The van der Waals surface area contributed by atoms with Crippen LogP contribution >= 0.6 is 0 Å². The van der Waals surface area contributed by atoms with Gasteiger partial charge in [-0.05, 0) is 25.0 Å². The van der Waals surface area contributed by atoms with E-state index in [1.165, 1.54) is 0 Å². The molecule has 1 amide bonds. The largest absolute Gasteiger partial charge is 0.339 e. The van der Waals surface area contributed by atoms with Crippen molar-refractivity contribution >= 4 is 11.6 Å². The van der Waals surface area contributed by atoms with Gasteiger partial charge in [-0.25, -0.2) is 0 Å². The molecule has 0 bridgehead atoms. The normalized spacial score (nSPS) is 22.5. The smallest absolute Gasteiger partial charge is 0.232 e. The lowest BCUT2D eigenvalue weighted by Gasteiger charge is -2.15. The minimum absolute atomic E-state index is 0.0164. The number of carbonyl (C=O) groups excluding carboxylic acids is 1. The number of amides is 1. The third-order valence-electron chi connectivity index (χ3n) is 3.94. The molecule has 2 heterocycles. The number of hydrogen-bond acceptors (Lipinski definition) is 4. The Bertz CT molecular complexity index is 634. The van der Waals surface area contributed by atoms with E-state index >= 15 is 0 Å². The second-order valence-electron chi connectivity index (χ2n) is 5.51. The zero-order valence-corrected chi connectivity index (χ0v) is 11.0. The van der Waals surface area contributed by atoms with E-state index in [0.717, 1.165) is 24.4 Å². The Hall–Kier alpha value is -2.17. The van der Waals surface area contributed by atoms with Gasteiger partial charge in [-0.15, -0.1) is 0 Å². The van der Waals surface area contributed by atoms with Crippen LogP contribution in [-0.4, -0.2) is 22.6 Å². The number of hydrogen-bond donors (Lipinski definition) is 0. The van der Waals surface area contributed by atoms with Crippen LogP contribution in [0.3, 0.4) is 0 Å². The number of para-hydroxylation sites is 1. The summed E-state index contributed by atoms with van der Waals surface area (Å²) in [6.45, 7) is 0.620. The molecule has 2 fully saturated rings. The highest BCUT2D eigenvalue weighted by atomic mass is 16.5. The van der Waals surface area contributed by atoms with Crippen LogP contribution in [0.2, 0.25) is 0 Å². The molecular weight excluding hydrogens is 254 g/mol. The Morgan fingerprint density at radius 2 is 1.95 bits per heavy atom. The molecule has 2 aromatic rings. The predicted molar refractivity (Wildman–Crippen MR) is 72.4 cm³/mol. The van der Waals surface area contributed by atoms with Crippen molar-refractivity contribution in [1.29, 1.82) is 0 Å². The Morgan fingerprint density at radius 3 is 2.70 bits per heavy atom. The summed E-state index contributed by atoms with van der Waals surface area (Å²) < 4.78 is 5.34. The molecule has 102 valence electrons. The molecule has 0 spiro atoms. The van der Waals surface area contributed by atoms with E-state index in [1.807, 2.05) is 30.3 Å². The molecule has 2 aliphatic rings. The standard InChI is InChI=1S/C15H15N3O2/c19-13-8-11(9-18(13)12-4-2-1-3-5-12)15-16-14(17-20-15)10-6-7-10/h1-5,10-11H,6-9H2/t11-/m1/s1. The van der Waals surface area contributed by atoms with Crippen molar-refractivity contribution in [2.24, 2.45) is 0 Å². The summed E-state index contributed by atoms with van der Waals surface area (Å²) >= 11 is 0. The SMILES string of the molecule is O=C1C[C@@H](c2nc(C3CC3)no2)CN1c1ccccc1. The average Bonchev–Trinajstić information content (AvgIpc) is 3.08. The summed E-state index contributed by atoms with van der Waals surface area (Å²) in [7, 11) is 0. The number of benzene rings is 1. The number of carbonyl (C=O) groups is 1. The van der Waals surface area contributed by atoms with Crippen LogP contribution in [0.4, 0.5) is 5.69 Å². The van der Waals surface area contributed by atoms with Crippen LogP contribution in [-0.2, 0) is 4.79 Å². The molecule has 5 heteroatoms. The summed E-state index contributed by atoms with van der Waals surface area (Å²) in [5, 5.41) is 4.03. The quantitative estimate of drug-likeness (QED) is 0.858. The first kappa shape index (κ1) is 11.6. The minimum Gasteiger partial charge on any atom is -0.339 e. The molecule has 1 aliphatic heterocycles. The zero-order chi connectivity index (χ0) is 13.5. The van der Waals surface area contributed by atoms with Crippen molar-refractivity contribution in [3.8, 4) is 0 Å². The van der Waals surface area contributed by atoms with Crippen molar-refractivity contribution in [3.63, 3.8) is 0 Å². The molecule has 1 saturated heterocycles. The Balaban J connectivity index is 1.54. The van der Waals surface area contributed by atoms with Gasteiger partial charge in [-0.3, -0.25) is 4.79 Å². The molecule has 5 nitrogen and oxygen atoms in total. The first-order valence-corrected chi connectivity index (χ1v) is 7.00. The average molecular weight is 269 g/mol. The highest BCUT2D eigenvalue weighted by Gasteiger charge is 2.36. The predicted octanol–water partition coefficient (Wildman–Crippen LogP) is 2.47. The molecule has 0 unspecified atom stereocenters. The molecule has 1 aromatic heterocycles. The fraction of sp³-hybridized carbons (Fsp3) is 0.400. The molecule has 0 radical (unpaired) electrons. The maximum absolute atomic E-state index is 12.1. The second kappa shape index (κ2) is 4.44. The van der Waals surface area contributed by atoms with Gasteiger partial charge in [0.2, 0.25) is 11.8 Å². The Kier molecular flexibility index (Phi) is 2.58. The minimum atomic E-state index is 0.0164. The lowest BCUT2D eigenvalue weighted by molar-refractivity contribution is -0.117. The van der Waals surface area contributed by atoms with E-state index in [4.69, 9.17) is 4.52 Å². The molecule has 0 N–H and O–H groups in total. The van der Waals surface area contributed by atoms with Gasteiger partial charge in [0.05, 0.1) is 5.92 Å². The third-order valence-corrected chi connectivity index (χ3v) is 3.94. The highest BCUT2D eigenvalue weighted by Crippen LogP contribution is 2.39. The summed E-state index contributed by atoms with van der Waals surface area (Å²) in [5.41, 5.74) is 0.932. The summed E-state index contributed by atoms with van der Waals surface area (Å²) in [5.74, 6) is 2.04. The second-order valence-corrected chi connectivity index (χ2v) is 5.51. The van der Waals surface area contributed by atoms with Gasteiger partial charge >= 0.3 is 0 Å². The maximum Gasteiger partial charge on any atom is 0.232 e. The summed E-state index contributed by atoms with van der Waals surface area (Å²) in [4.78, 5) is 18.4. The van der Waals surface area contributed by atoms with Crippen LogP contribution in [0.5, 0.6) is 0 Å². The van der Waals surface area contributed by atoms with E-state index in [0.29, 0.717) is 24.8 Å². The number of rotatable bonds is 3. The molecule has 1 aliphatic carbocycles. The van der Waals surface area contributed by atoms with Crippen molar-refractivity contribution in [1.82, 2.24) is 10.1 Å². The van der Waals surface area contributed by atoms with Crippen LogP contribution < -0.4 is 4.90 Å². The van der Waals surface area contributed by atoms with Crippen molar-refractivity contribution < 1.29 is 9.32 Å². The third kappa shape index (κ3) is 1.99. The van der Waals surface area contributed by atoms with Gasteiger partial charge in [0.25, 0.3) is 0 Å². The molecular formula is C15H15N3O2. The van der Waals surface area contributed by atoms with E-state index in [9.17, 15) is 4.79 Å². The number of anilines is 1. The topological polar surface area (TPSA) is 59.2 Å². The zero-order valence-electron chi connectivity index (χ0n) is 11.0. The lowest BCUT2D eigenvalue weighted by atomic mass is 10.1. The van der Waals surface area contributed by atoms with E-state index in [1.54, 1.807) is 4.90 Å². The molecule has 20 heavy (non-hydrogen) atoms. The summed E-state index contributed by atoms with van der Waals surface area (Å²) in [6.07, 6.45) is 2.75. The maximum atomic E-state index is 12.1. The van der Waals surface area contributed by atoms with Crippen molar-refractivity contribution in [3.05, 3.63) is 42.0 Å². The molecule has 4 rings (SSSR count). The van der Waals surface area contributed by atoms with Gasteiger partial charge in [-0.1, -0.05) is 23.4 Å². The fourth-order valence-corrected chi connectivity index (χ4v) is 2.65. The Morgan fingerprint density at radius 1 is 1.15 bits per heavy atom. The lowest BCUT2D eigenvalue weighted by Crippen LogP contribution is -2.24. The monoisotopic (exact) mass is 269 g/mol. The van der Waals surface area contributed by atoms with Crippen LogP contribution in [0.15, 0.2) is 34.9 Å². The van der Waals surface area contributed by atoms with Gasteiger partial charge in [0, 0.05) is 24.6 Å². The van der Waals surface area contributed by atoms with Gasteiger partial charge in [0.1, 0.15) is 0 Å². The summed E-state index contributed by atoms with van der Waals surface area (Å²) in [6, 6.07) is 9.72. The fourth-order valence-electron chi connectivity index (χ4n) is 2.65. The van der Waals surface area contributed by atoms with E-state index < -0.39 is 0 Å². The highest BCUT2D eigenvalue weighted by molar-refractivity contribution is 5.96. The number of nitrogens with zero attached hydrogens (tertiary/aromatic N) is 3. The first-order chi connectivity index (χ1) is 9.81. The Labute approximate surface area is 116 Å². The van der Waals surface area contributed by atoms with Gasteiger partial charge in [0.15, 0.2) is 5.82 Å².